The number of rotatable bonds is 4. The van der Waals surface area contributed by atoms with Crippen molar-refractivity contribution in [1.29, 1.82) is 0 Å². The van der Waals surface area contributed by atoms with Gasteiger partial charge < -0.3 is 10.2 Å². The summed E-state index contributed by atoms with van der Waals surface area (Å²) in [6, 6.07) is 1.89. The zero-order valence-corrected chi connectivity index (χ0v) is 16.6. The molecule has 0 saturated carbocycles. The van der Waals surface area contributed by atoms with E-state index in [1.54, 1.807) is 10.9 Å². The van der Waals surface area contributed by atoms with Gasteiger partial charge in [0.1, 0.15) is 0 Å². The van der Waals surface area contributed by atoms with E-state index in [1.807, 2.05) is 32.0 Å². The maximum Gasteiger partial charge on any atom is 0.254 e. The lowest BCUT2D eigenvalue weighted by Gasteiger charge is -2.32. The van der Waals surface area contributed by atoms with Gasteiger partial charge >= 0.3 is 0 Å². The summed E-state index contributed by atoms with van der Waals surface area (Å²) in [6.45, 7) is 4.67. The third kappa shape index (κ3) is 4.63. The summed E-state index contributed by atoms with van der Waals surface area (Å²) in [6.07, 6.45) is 5.12. The van der Waals surface area contributed by atoms with Crippen LogP contribution in [-0.4, -0.2) is 52.3 Å². The maximum atomic E-state index is 12.9. The van der Waals surface area contributed by atoms with Crippen LogP contribution in [0.1, 0.15) is 35.3 Å². The number of amides is 1. The molecule has 0 aromatic carbocycles. The first kappa shape index (κ1) is 21.7. The van der Waals surface area contributed by atoms with Gasteiger partial charge in [0.2, 0.25) is 0 Å². The van der Waals surface area contributed by atoms with E-state index in [1.165, 1.54) is 6.42 Å². The SMILES string of the molecule is CNCCC1CCN(C(=O)c2cc(C)nc3c2cnn3C)CC1.Cl.Cl. The number of fused-ring (bicyclic) bond motifs is 1. The second-order valence-electron chi connectivity index (χ2n) is 6.44. The molecule has 25 heavy (non-hydrogen) atoms. The van der Waals surface area contributed by atoms with Crippen molar-refractivity contribution in [2.24, 2.45) is 13.0 Å². The minimum absolute atomic E-state index is 0. The van der Waals surface area contributed by atoms with Crippen LogP contribution in [0.25, 0.3) is 11.0 Å². The number of carbonyl (C=O) groups excluding carboxylic acids is 1. The van der Waals surface area contributed by atoms with Crippen LogP contribution >= 0.6 is 24.8 Å². The van der Waals surface area contributed by atoms with Crippen LogP contribution in [0, 0.1) is 12.8 Å². The Morgan fingerprint density at radius 1 is 1.32 bits per heavy atom. The lowest BCUT2D eigenvalue weighted by atomic mass is 9.93. The van der Waals surface area contributed by atoms with E-state index in [0.717, 1.165) is 60.7 Å². The van der Waals surface area contributed by atoms with Crippen LogP contribution in [-0.2, 0) is 7.05 Å². The maximum absolute atomic E-state index is 12.9. The molecule has 6 nitrogen and oxygen atoms in total. The molecule has 0 radical (unpaired) electrons. The van der Waals surface area contributed by atoms with Gasteiger partial charge in [-0.2, -0.15) is 5.10 Å². The molecule has 3 heterocycles. The lowest BCUT2D eigenvalue weighted by Crippen LogP contribution is -2.39. The summed E-state index contributed by atoms with van der Waals surface area (Å²) in [4.78, 5) is 19.4. The summed E-state index contributed by atoms with van der Waals surface area (Å²) >= 11 is 0. The summed E-state index contributed by atoms with van der Waals surface area (Å²) in [7, 11) is 3.85. The van der Waals surface area contributed by atoms with E-state index in [2.05, 4.69) is 15.4 Å². The first-order valence-corrected chi connectivity index (χ1v) is 8.33. The number of hydrogen-bond donors (Lipinski definition) is 1. The number of nitrogens with one attached hydrogen (secondary N) is 1. The van der Waals surface area contributed by atoms with Gasteiger partial charge in [0, 0.05) is 25.8 Å². The van der Waals surface area contributed by atoms with Crippen LogP contribution in [0.4, 0.5) is 0 Å². The highest BCUT2D eigenvalue weighted by Crippen LogP contribution is 2.24. The monoisotopic (exact) mass is 387 g/mol. The van der Waals surface area contributed by atoms with Gasteiger partial charge in [-0.3, -0.25) is 9.48 Å². The second-order valence-corrected chi connectivity index (χ2v) is 6.44. The molecule has 2 aromatic rings. The molecule has 1 saturated heterocycles. The Morgan fingerprint density at radius 3 is 2.64 bits per heavy atom. The van der Waals surface area contributed by atoms with E-state index in [9.17, 15) is 4.79 Å². The van der Waals surface area contributed by atoms with Crippen molar-refractivity contribution in [3.63, 3.8) is 0 Å². The van der Waals surface area contributed by atoms with Gasteiger partial charge in [0.25, 0.3) is 5.91 Å². The Labute approximate surface area is 161 Å². The fourth-order valence-electron chi connectivity index (χ4n) is 3.36. The predicted molar refractivity (Wildman–Crippen MR) is 105 cm³/mol. The number of aromatic nitrogens is 3. The standard InChI is InChI=1S/C17H25N5O.2ClH/c1-12-10-14(15-11-19-21(3)16(15)20-12)17(23)22-8-5-13(6-9-22)4-7-18-2;;/h10-11,13,18H,4-9H2,1-3H3;2*1H. The van der Waals surface area contributed by atoms with Crippen molar-refractivity contribution < 1.29 is 4.79 Å². The fraction of sp³-hybridized carbons (Fsp3) is 0.588. The van der Waals surface area contributed by atoms with Crippen LogP contribution in [0.3, 0.4) is 0 Å². The molecular formula is C17H27Cl2N5O. The average molecular weight is 388 g/mol. The minimum Gasteiger partial charge on any atom is -0.339 e. The summed E-state index contributed by atoms with van der Waals surface area (Å²) < 4.78 is 1.73. The van der Waals surface area contributed by atoms with Gasteiger partial charge in [-0.15, -0.1) is 24.8 Å². The Balaban J connectivity index is 0.00000156. The molecular weight excluding hydrogens is 361 g/mol. The summed E-state index contributed by atoms with van der Waals surface area (Å²) in [5.41, 5.74) is 2.36. The van der Waals surface area contributed by atoms with Crippen molar-refractivity contribution >= 4 is 41.8 Å². The van der Waals surface area contributed by atoms with Crippen molar-refractivity contribution in [2.75, 3.05) is 26.7 Å². The van der Waals surface area contributed by atoms with E-state index >= 15 is 0 Å². The molecule has 1 N–H and O–H groups in total. The van der Waals surface area contributed by atoms with Crippen LogP contribution in [0.2, 0.25) is 0 Å². The number of hydrogen-bond acceptors (Lipinski definition) is 4. The molecule has 0 bridgehead atoms. The van der Waals surface area contributed by atoms with Crippen molar-refractivity contribution in [3.05, 3.63) is 23.5 Å². The van der Waals surface area contributed by atoms with E-state index in [0.29, 0.717) is 0 Å². The van der Waals surface area contributed by atoms with Gasteiger partial charge in [0.05, 0.1) is 17.1 Å². The number of halogens is 2. The minimum atomic E-state index is 0. The third-order valence-electron chi connectivity index (χ3n) is 4.77. The molecule has 2 aromatic heterocycles. The Hall–Kier alpha value is -1.37. The number of piperidine rings is 1. The highest BCUT2D eigenvalue weighted by atomic mass is 35.5. The normalized spacial score (nSPS) is 14.9. The van der Waals surface area contributed by atoms with E-state index in [4.69, 9.17) is 0 Å². The smallest absolute Gasteiger partial charge is 0.254 e. The molecule has 1 amide bonds. The molecule has 1 fully saturated rings. The first-order valence-electron chi connectivity index (χ1n) is 8.33. The lowest BCUT2D eigenvalue weighted by molar-refractivity contribution is 0.0689. The van der Waals surface area contributed by atoms with Gasteiger partial charge in [-0.1, -0.05) is 0 Å². The number of aryl methyl sites for hydroxylation is 2. The quantitative estimate of drug-likeness (QED) is 0.875. The topological polar surface area (TPSA) is 63.1 Å². The Kier molecular flexibility index (Phi) is 8.12. The molecule has 0 atom stereocenters. The van der Waals surface area contributed by atoms with Crippen LogP contribution in [0.15, 0.2) is 12.3 Å². The third-order valence-corrected chi connectivity index (χ3v) is 4.77. The van der Waals surface area contributed by atoms with E-state index < -0.39 is 0 Å². The second kappa shape index (κ2) is 9.36. The van der Waals surface area contributed by atoms with E-state index in [-0.39, 0.29) is 30.7 Å². The van der Waals surface area contributed by atoms with Gasteiger partial charge in [-0.25, -0.2) is 4.98 Å². The highest BCUT2D eigenvalue weighted by molar-refractivity contribution is 6.05. The molecule has 0 unspecified atom stereocenters. The van der Waals surface area contributed by atoms with Gasteiger partial charge in [0.15, 0.2) is 5.65 Å². The summed E-state index contributed by atoms with van der Waals surface area (Å²) in [5.74, 6) is 0.838. The Morgan fingerprint density at radius 2 is 2.00 bits per heavy atom. The average Bonchev–Trinajstić information content (AvgIpc) is 2.93. The zero-order valence-electron chi connectivity index (χ0n) is 15.0. The highest BCUT2D eigenvalue weighted by Gasteiger charge is 2.25. The Bertz CT molecular complexity index is 710. The summed E-state index contributed by atoms with van der Waals surface area (Å²) in [5, 5.41) is 8.30. The molecule has 1 aliphatic rings. The first-order chi connectivity index (χ1) is 11.1. The molecule has 140 valence electrons. The predicted octanol–water partition coefficient (Wildman–Crippen LogP) is 2.58. The number of carbonyl (C=O) groups is 1. The zero-order chi connectivity index (χ0) is 16.4. The number of likely N-dealkylation sites (tertiary alicyclic amines) is 1. The molecule has 8 heteroatoms. The van der Waals surface area contributed by atoms with Crippen LogP contribution in [0.5, 0.6) is 0 Å². The van der Waals surface area contributed by atoms with Crippen molar-refractivity contribution in [1.82, 2.24) is 25.0 Å². The fourth-order valence-corrected chi connectivity index (χ4v) is 3.36. The molecule has 1 aliphatic heterocycles. The van der Waals surface area contributed by atoms with Crippen molar-refractivity contribution in [2.45, 2.75) is 26.2 Å². The van der Waals surface area contributed by atoms with Crippen molar-refractivity contribution in [3.8, 4) is 0 Å². The largest absolute Gasteiger partial charge is 0.339 e. The molecule has 0 spiro atoms. The number of pyridine rings is 1. The molecule has 0 aliphatic carbocycles. The van der Waals surface area contributed by atoms with Crippen LogP contribution < -0.4 is 5.32 Å². The number of nitrogens with zero attached hydrogens (tertiary/aromatic N) is 4. The molecule has 3 rings (SSSR count). The van der Waals surface area contributed by atoms with Gasteiger partial charge in [-0.05, 0) is 51.8 Å².